The second-order valence-corrected chi connectivity index (χ2v) is 3.34. The number of aliphatic hydroxyl groups excluding tert-OH is 1. The van der Waals surface area contributed by atoms with E-state index in [1.807, 2.05) is 30.3 Å². The number of ether oxygens (including phenoxy) is 1. The molecule has 0 aliphatic rings. The molecule has 23 heavy (non-hydrogen) atoms. The molecule has 3 radical (unpaired) electrons. The van der Waals surface area contributed by atoms with Crippen LogP contribution in [0, 0.1) is 39.2 Å². The summed E-state index contributed by atoms with van der Waals surface area (Å²) in [6, 6.07) is 9.30. The fraction of sp³-hybridized carbons (Fsp3) is 0.188. The van der Waals surface area contributed by atoms with Crippen molar-refractivity contribution in [1.82, 2.24) is 0 Å². The Balaban J connectivity index is -0.000000231. The largest absolute Gasteiger partial charge is 2.00 e. The van der Waals surface area contributed by atoms with E-state index in [1.165, 1.54) is 6.47 Å². The Hall–Kier alpha value is -1.61. The van der Waals surface area contributed by atoms with Gasteiger partial charge in [-0.1, -0.05) is 36.8 Å². The van der Waals surface area contributed by atoms with Crippen molar-refractivity contribution >= 4 is 6.47 Å². The molecular formula is C16H14FeO6+. The first-order chi connectivity index (χ1) is 10.7. The molecule has 0 bridgehead atoms. The van der Waals surface area contributed by atoms with Gasteiger partial charge in [-0.05, 0) is 25.3 Å². The van der Waals surface area contributed by atoms with Gasteiger partial charge in [-0.25, -0.2) is 0 Å². The average molecular weight is 358 g/mol. The molecule has 0 amide bonds. The molecule has 0 spiro atoms. The number of carbonyl (C=O) groups excluding carboxylic acids is 1. The molecule has 1 N–H and O–H groups in total. The van der Waals surface area contributed by atoms with Crippen molar-refractivity contribution in [3.05, 3.63) is 75.1 Å². The molecule has 2 atom stereocenters. The predicted octanol–water partition coefficient (Wildman–Crippen LogP) is 1.69. The molecule has 0 saturated carbocycles. The van der Waals surface area contributed by atoms with Crippen LogP contribution >= 0.6 is 0 Å². The Labute approximate surface area is 146 Å². The summed E-state index contributed by atoms with van der Waals surface area (Å²) < 4.78 is 27.0. The third-order valence-electron chi connectivity index (χ3n) is 2.05. The minimum absolute atomic E-state index is 0. The zero-order valence-corrected chi connectivity index (χ0v) is 13.2. The summed E-state index contributed by atoms with van der Waals surface area (Å²) in [6.45, 7) is 16.6. The molecule has 0 saturated heterocycles. The first-order valence-corrected chi connectivity index (χ1v) is 5.62. The summed E-state index contributed by atoms with van der Waals surface area (Å²) in [4.78, 5) is 9.89. The van der Waals surface area contributed by atoms with Gasteiger partial charge < -0.3 is 14.6 Å². The quantitative estimate of drug-likeness (QED) is 0.455. The summed E-state index contributed by atoms with van der Waals surface area (Å²) in [5, 5.41) is 9.74. The summed E-state index contributed by atoms with van der Waals surface area (Å²) in [5.74, 6) is 0. The van der Waals surface area contributed by atoms with Crippen molar-refractivity contribution in [2.24, 2.45) is 0 Å². The second-order valence-electron chi connectivity index (χ2n) is 3.34. The smallest absolute Gasteiger partial charge is 2.00 e. The number of hydrogen-bond donors (Lipinski definition) is 1. The molecule has 0 aromatic heterocycles. The maximum atomic E-state index is 9.89. The molecule has 1 aromatic carbocycles. The summed E-state index contributed by atoms with van der Waals surface area (Å²) >= 11 is 0. The number of hydrogen-bond acceptors (Lipinski definition) is 3. The number of benzene rings is 1. The van der Waals surface area contributed by atoms with Gasteiger partial charge in [0.25, 0.3) is 0 Å². The molecule has 1 rings (SSSR count). The van der Waals surface area contributed by atoms with Gasteiger partial charge in [0.05, 0.1) is 12.2 Å². The van der Waals surface area contributed by atoms with Crippen molar-refractivity contribution in [1.29, 1.82) is 0 Å². The first kappa shape index (κ1) is 29.4. The Kier molecular flexibility index (Phi) is 32.4. The van der Waals surface area contributed by atoms with Crippen LogP contribution in [0.5, 0.6) is 0 Å². The number of rotatable bonds is 7. The van der Waals surface area contributed by atoms with Crippen LogP contribution in [0.1, 0.15) is 18.6 Å². The molecule has 121 valence electrons. The van der Waals surface area contributed by atoms with Crippen molar-refractivity contribution in [3.63, 3.8) is 0 Å². The van der Waals surface area contributed by atoms with E-state index in [9.17, 15) is 9.90 Å². The fourth-order valence-electron chi connectivity index (χ4n) is 1.20. The molecule has 0 fully saturated rings. The van der Waals surface area contributed by atoms with E-state index in [0.717, 1.165) is 5.56 Å². The van der Waals surface area contributed by atoms with Crippen LogP contribution in [0.4, 0.5) is 0 Å². The SMILES string of the molecule is C[C@@H]([CH][CH][CH][C@@H](O)c1ccccc1)O[C-]=O.[C-]#[O+].[C-]#[O+].[C-]#[O+].[Fe+2]. The van der Waals surface area contributed by atoms with Crippen LogP contribution in [0.3, 0.4) is 0 Å². The van der Waals surface area contributed by atoms with E-state index in [2.05, 4.69) is 24.7 Å². The van der Waals surface area contributed by atoms with Crippen molar-refractivity contribution in [3.8, 4) is 0 Å². The fourth-order valence-corrected chi connectivity index (χ4v) is 1.20. The maximum Gasteiger partial charge on any atom is 2.00 e. The van der Waals surface area contributed by atoms with Gasteiger partial charge in [0.1, 0.15) is 0 Å². The summed E-state index contributed by atoms with van der Waals surface area (Å²) in [5.41, 5.74) is 0.822. The molecule has 0 heterocycles. The van der Waals surface area contributed by atoms with E-state index in [-0.39, 0.29) is 23.2 Å². The van der Waals surface area contributed by atoms with Gasteiger partial charge in [0.2, 0.25) is 0 Å². The minimum Gasteiger partial charge on any atom is 2.00 e. The van der Waals surface area contributed by atoms with Crippen LogP contribution in [-0.4, -0.2) is 17.7 Å². The van der Waals surface area contributed by atoms with E-state index in [0.29, 0.717) is 0 Å². The molecule has 0 unspecified atom stereocenters. The Morgan fingerprint density at radius 2 is 1.57 bits per heavy atom. The van der Waals surface area contributed by atoms with Crippen LogP contribution in [-0.2, 0) is 40.6 Å². The van der Waals surface area contributed by atoms with Gasteiger partial charge in [0, 0.05) is 6.42 Å². The van der Waals surface area contributed by atoms with Crippen molar-refractivity contribution in [2.45, 2.75) is 19.1 Å². The van der Waals surface area contributed by atoms with Crippen molar-refractivity contribution < 1.29 is 45.7 Å². The summed E-state index contributed by atoms with van der Waals surface area (Å²) in [7, 11) is 0. The van der Waals surface area contributed by atoms with Gasteiger partial charge in [-0.3, -0.25) is 0 Å². The number of aliphatic hydroxyl groups is 1. The van der Waals surface area contributed by atoms with Gasteiger partial charge in [-0.2, -0.15) is 0 Å². The monoisotopic (exact) mass is 358 g/mol. The standard InChI is InChI=1S/C13H14O3.3CO.Fe/c1-11(16-10-14)6-5-9-13(15)12-7-3-2-4-8-12;3*1-2;/h2-9,11,13,15H,1H3;;;;/q-1;;;;+2/t11-,13+;;;;/m0..../s1. The van der Waals surface area contributed by atoms with Crippen molar-refractivity contribution in [2.75, 3.05) is 0 Å². The van der Waals surface area contributed by atoms with E-state index in [4.69, 9.17) is 14.0 Å². The van der Waals surface area contributed by atoms with Gasteiger partial charge in [-0.15, -0.1) is 0 Å². The molecule has 0 aliphatic heterocycles. The Morgan fingerprint density at radius 3 is 2.00 bits per heavy atom. The molecule has 6 nitrogen and oxygen atoms in total. The Morgan fingerprint density at radius 1 is 1.09 bits per heavy atom. The first-order valence-electron chi connectivity index (χ1n) is 5.62. The van der Waals surface area contributed by atoms with Gasteiger partial charge in [0.15, 0.2) is 0 Å². The minimum atomic E-state index is -0.648. The molecule has 1 aromatic rings. The zero-order valence-electron chi connectivity index (χ0n) is 12.1. The second kappa shape index (κ2) is 25.3. The van der Waals surface area contributed by atoms with Crippen LogP contribution in [0.2, 0.25) is 0 Å². The molecular weight excluding hydrogens is 344 g/mol. The van der Waals surface area contributed by atoms with E-state index in [1.54, 1.807) is 26.2 Å². The molecule has 0 aliphatic carbocycles. The maximum absolute atomic E-state index is 9.89. The third kappa shape index (κ3) is 18.3. The Bertz CT molecular complexity index is 401. The third-order valence-corrected chi connectivity index (χ3v) is 2.05. The van der Waals surface area contributed by atoms with Gasteiger partial charge >= 0.3 is 51.0 Å². The van der Waals surface area contributed by atoms with E-state index < -0.39 is 6.10 Å². The summed E-state index contributed by atoms with van der Waals surface area (Å²) in [6.07, 6.45) is 3.97. The zero-order chi connectivity index (χ0) is 17.8. The normalized spacial score (nSPS) is 10.1. The van der Waals surface area contributed by atoms with Crippen LogP contribution in [0.15, 0.2) is 30.3 Å². The molecule has 7 heteroatoms. The van der Waals surface area contributed by atoms with Crippen LogP contribution in [0.25, 0.3) is 0 Å². The predicted molar refractivity (Wildman–Crippen MR) is 72.3 cm³/mol. The topological polar surface area (TPSA) is 106 Å². The van der Waals surface area contributed by atoms with Crippen LogP contribution < -0.4 is 0 Å². The average Bonchev–Trinajstić information content (AvgIpc) is 2.61. The van der Waals surface area contributed by atoms with E-state index >= 15 is 0 Å².